The third kappa shape index (κ3) is 6.70. The van der Waals surface area contributed by atoms with Crippen molar-refractivity contribution in [1.82, 2.24) is 0 Å². The predicted octanol–water partition coefficient (Wildman–Crippen LogP) is 4.31. The molecule has 15 heavy (non-hydrogen) atoms. The minimum absolute atomic E-state index is 0.199. The molecule has 0 heterocycles. The lowest BCUT2D eigenvalue weighted by atomic mass is 9.83. The molecule has 1 heteroatoms. The van der Waals surface area contributed by atoms with Crippen LogP contribution in [0, 0.1) is 23.7 Å². The topological polar surface area (TPSA) is 17.1 Å². The number of carbonyl (C=O) groups excluding carboxylic acids is 1. The normalized spacial score (nSPS) is 13.9. The van der Waals surface area contributed by atoms with Gasteiger partial charge in [0.05, 0.1) is 0 Å². The van der Waals surface area contributed by atoms with Gasteiger partial charge in [-0.15, -0.1) is 0 Å². The van der Waals surface area contributed by atoms with E-state index in [1.54, 1.807) is 0 Å². The van der Waals surface area contributed by atoms with Gasteiger partial charge in [0.15, 0.2) is 0 Å². The molecule has 0 bridgehead atoms. The summed E-state index contributed by atoms with van der Waals surface area (Å²) in [5, 5.41) is 0. The molecule has 0 saturated heterocycles. The molecule has 0 aromatic rings. The van der Waals surface area contributed by atoms with E-state index in [-0.39, 0.29) is 5.92 Å². The van der Waals surface area contributed by atoms with Gasteiger partial charge in [-0.2, -0.15) is 0 Å². The molecule has 0 spiro atoms. The van der Waals surface area contributed by atoms with Crippen molar-refractivity contribution < 1.29 is 4.79 Å². The fourth-order valence-corrected chi connectivity index (χ4v) is 1.71. The fourth-order valence-electron chi connectivity index (χ4n) is 1.71. The largest absolute Gasteiger partial charge is 0.299 e. The van der Waals surface area contributed by atoms with Crippen molar-refractivity contribution in [3.63, 3.8) is 0 Å². The summed E-state index contributed by atoms with van der Waals surface area (Å²) < 4.78 is 0. The maximum atomic E-state index is 11.7. The van der Waals surface area contributed by atoms with Crippen LogP contribution >= 0.6 is 0 Å². The van der Waals surface area contributed by atoms with Gasteiger partial charge in [-0.25, -0.2) is 0 Å². The van der Waals surface area contributed by atoms with Crippen LogP contribution in [0.25, 0.3) is 0 Å². The minimum atomic E-state index is 0.199. The molecule has 1 unspecified atom stereocenters. The Labute approximate surface area is 95.6 Å². The van der Waals surface area contributed by atoms with Gasteiger partial charge in [0.25, 0.3) is 0 Å². The zero-order valence-electron chi connectivity index (χ0n) is 11.3. The van der Waals surface area contributed by atoms with Crippen molar-refractivity contribution in [2.24, 2.45) is 23.7 Å². The number of carbonyl (C=O) groups is 1. The summed E-state index contributed by atoms with van der Waals surface area (Å²) in [5.41, 5.74) is 0. The molecule has 0 aromatic heterocycles. The van der Waals surface area contributed by atoms with Crippen LogP contribution in [0.4, 0.5) is 0 Å². The number of rotatable bonds is 7. The van der Waals surface area contributed by atoms with E-state index in [2.05, 4.69) is 27.7 Å². The first-order valence-corrected chi connectivity index (χ1v) is 6.37. The predicted molar refractivity (Wildman–Crippen MR) is 66.9 cm³/mol. The average molecular weight is 212 g/mol. The molecule has 0 aliphatic carbocycles. The van der Waals surface area contributed by atoms with Gasteiger partial charge in [0, 0.05) is 12.3 Å². The van der Waals surface area contributed by atoms with Crippen LogP contribution in [0.2, 0.25) is 0 Å². The van der Waals surface area contributed by atoms with Crippen LogP contribution < -0.4 is 0 Å². The summed E-state index contributed by atoms with van der Waals surface area (Å²) in [7, 11) is 0. The number of Topliss-reactive ketones (excluding diaryl/α,β-unsaturated/α-hetero) is 1. The van der Waals surface area contributed by atoms with E-state index in [1.165, 1.54) is 12.8 Å². The lowest BCUT2D eigenvalue weighted by Gasteiger charge is -2.21. The van der Waals surface area contributed by atoms with Crippen molar-refractivity contribution in [3.8, 4) is 0 Å². The third-order valence-corrected chi connectivity index (χ3v) is 3.16. The minimum Gasteiger partial charge on any atom is -0.299 e. The molecule has 0 amide bonds. The zero-order valence-corrected chi connectivity index (χ0v) is 11.3. The highest BCUT2D eigenvalue weighted by Crippen LogP contribution is 2.24. The Hall–Kier alpha value is -0.330. The number of ketones is 1. The van der Waals surface area contributed by atoms with Crippen molar-refractivity contribution in [2.45, 2.75) is 60.8 Å². The molecule has 0 rings (SSSR count). The van der Waals surface area contributed by atoms with Crippen LogP contribution in [0.5, 0.6) is 0 Å². The second-order valence-electron chi connectivity index (χ2n) is 5.80. The van der Waals surface area contributed by atoms with Gasteiger partial charge in [0.2, 0.25) is 0 Å². The Morgan fingerprint density at radius 2 is 1.47 bits per heavy atom. The lowest BCUT2D eigenvalue weighted by molar-refractivity contribution is -0.123. The Bertz CT molecular complexity index is 180. The molecule has 0 saturated carbocycles. The first kappa shape index (κ1) is 14.7. The first-order chi connectivity index (χ1) is 6.84. The maximum absolute atomic E-state index is 11.7. The van der Waals surface area contributed by atoms with Gasteiger partial charge < -0.3 is 0 Å². The Kier molecular flexibility index (Phi) is 6.87. The molecule has 1 atom stereocenters. The molecule has 0 aliphatic rings. The third-order valence-electron chi connectivity index (χ3n) is 3.16. The Morgan fingerprint density at radius 3 is 1.80 bits per heavy atom. The van der Waals surface area contributed by atoms with Gasteiger partial charge in [-0.05, 0) is 24.2 Å². The molecular formula is C14H28O. The molecule has 90 valence electrons. The quantitative estimate of drug-likeness (QED) is 0.614. The highest BCUT2D eigenvalue weighted by Gasteiger charge is 2.19. The number of hydrogen-bond acceptors (Lipinski definition) is 1. The molecule has 0 fully saturated rings. The van der Waals surface area contributed by atoms with Crippen molar-refractivity contribution >= 4 is 5.78 Å². The van der Waals surface area contributed by atoms with Crippen LogP contribution in [0.3, 0.4) is 0 Å². The summed E-state index contributed by atoms with van der Waals surface area (Å²) in [5.74, 6) is 2.59. The second kappa shape index (κ2) is 7.03. The highest BCUT2D eigenvalue weighted by atomic mass is 16.1. The smallest absolute Gasteiger partial charge is 0.135 e. The van der Waals surface area contributed by atoms with Crippen LogP contribution in [0.15, 0.2) is 0 Å². The Morgan fingerprint density at radius 1 is 0.933 bits per heavy atom. The standard InChI is InChI=1S/C14H28O/c1-10(2)7-8-13(11(3)4)9-14(15)12(5)6/h10-13H,7-9H2,1-6H3. The number of hydrogen-bond donors (Lipinski definition) is 0. The fraction of sp³-hybridized carbons (Fsp3) is 0.929. The molecule has 0 radical (unpaired) electrons. The van der Waals surface area contributed by atoms with Crippen molar-refractivity contribution in [1.29, 1.82) is 0 Å². The van der Waals surface area contributed by atoms with E-state index in [0.29, 0.717) is 17.6 Å². The van der Waals surface area contributed by atoms with Gasteiger partial charge in [-0.3, -0.25) is 4.79 Å². The van der Waals surface area contributed by atoms with Crippen LogP contribution in [-0.4, -0.2) is 5.78 Å². The van der Waals surface area contributed by atoms with Crippen molar-refractivity contribution in [2.75, 3.05) is 0 Å². The maximum Gasteiger partial charge on any atom is 0.135 e. The summed E-state index contributed by atoms with van der Waals surface area (Å²) >= 11 is 0. The van der Waals surface area contributed by atoms with E-state index in [4.69, 9.17) is 0 Å². The van der Waals surface area contributed by atoms with E-state index in [0.717, 1.165) is 12.3 Å². The van der Waals surface area contributed by atoms with Crippen molar-refractivity contribution in [3.05, 3.63) is 0 Å². The molecule has 0 aliphatic heterocycles. The van der Waals surface area contributed by atoms with E-state index in [9.17, 15) is 4.79 Å². The van der Waals surface area contributed by atoms with Crippen LogP contribution in [-0.2, 0) is 4.79 Å². The molecule has 1 nitrogen and oxygen atoms in total. The Balaban J connectivity index is 4.10. The van der Waals surface area contributed by atoms with E-state index < -0.39 is 0 Å². The van der Waals surface area contributed by atoms with Gasteiger partial charge >= 0.3 is 0 Å². The highest BCUT2D eigenvalue weighted by molar-refractivity contribution is 5.80. The van der Waals surface area contributed by atoms with Gasteiger partial charge in [-0.1, -0.05) is 48.0 Å². The zero-order chi connectivity index (χ0) is 12.0. The summed E-state index contributed by atoms with van der Waals surface area (Å²) in [6.07, 6.45) is 3.23. The first-order valence-electron chi connectivity index (χ1n) is 6.37. The van der Waals surface area contributed by atoms with E-state index >= 15 is 0 Å². The van der Waals surface area contributed by atoms with E-state index in [1.807, 2.05) is 13.8 Å². The second-order valence-corrected chi connectivity index (χ2v) is 5.80. The average Bonchev–Trinajstić information content (AvgIpc) is 2.10. The summed E-state index contributed by atoms with van der Waals surface area (Å²) in [4.78, 5) is 11.7. The summed E-state index contributed by atoms with van der Waals surface area (Å²) in [6.45, 7) is 13.0. The molecular weight excluding hydrogens is 184 g/mol. The SMILES string of the molecule is CC(C)CCC(CC(=O)C(C)C)C(C)C. The summed E-state index contributed by atoms with van der Waals surface area (Å²) in [6, 6.07) is 0. The molecule has 0 N–H and O–H groups in total. The monoisotopic (exact) mass is 212 g/mol. The lowest BCUT2D eigenvalue weighted by Crippen LogP contribution is -2.18. The van der Waals surface area contributed by atoms with Gasteiger partial charge in [0.1, 0.15) is 5.78 Å². The molecule has 0 aromatic carbocycles. The van der Waals surface area contributed by atoms with Crippen LogP contribution in [0.1, 0.15) is 60.8 Å².